The first-order valence-electron chi connectivity index (χ1n) is 7.35. The van der Waals surface area contributed by atoms with Crippen LogP contribution in [0.4, 0.5) is 13.2 Å². The first-order valence-corrected chi connectivity index (χ1v) is 7.73. The summed E-state index contributed by atoms with van der Waals surface area (Å²) >= 11 is 6.09. The number of alkyl halides is 2. The summed E-state index contributed by atoms with van der Waals surface area (Å²) in [5.74, 6) is -0.778. The van der Waals surface area contributed by atoms with Crippen LogP contribution in [0.5, 0.6) is 0 Å². The maximum Gasteiger partial charge on any atom is 0.267 e. The van der Waals surface area contributed by atoms with Gasteiger partial charge in [-0.15, -0.1) is 0 Å². The van der Waals surface area contributed by atoms with Gasteiger partial charge in [0.1, 0.15) is 11.6 Å². The van der Waals surface area contributed by atoms with E-state index in [1.807, 2.05) is 0 Å². The molecule has 0 saturated heterocycles. The smallest absolute Gasteiger partial charge is 0.267 e. The molecule has 0 radical (unpaired) electrons. The molecule has 3 aromatic rings. The second-order valence-electron chi connectivity index (χ2n) is 5.58. The Morgan fingerprint density at radius 1 is 1.24 bits per heavy atom. The number of nitrogens with zero attached hydrogens (tertiary/aromatic N) is 2. The average Bonchev–Trinajstić information content (AvgIpc) is 2.53. The Labute approximate surface area is 145 Å². The summed E-state index contributed by atoms with van der Waals surface area (Å²) in [6.45, 7) is 1.59. The van der Waals surface area contributed by atoms with Crippen molar-refractivity contribution in [3.63, 3.8) is 0 Å². The normalized spacial score (nSPS) is 12.8. The number of hydrogen-bond acceptors (Lipinski definition) is 3. The highest BCUT2D eigenvalue weighted by Crippen LogP contribution is 2.26. The van der Waals surface area contributed by atoms with Gasteiger partial charge in [-0.3, -0.25) is 9.36 Å². The van der Waals surface area contributed by atoms with Crippen molar-refractivity contribution in [1.29, 1.82) is 0 Å². The summed E-state index contributed by atoms with van der Waals surface area (Å²) in [5, 5.41) is 0.266. The summed E-state index contributed by atoms with van der Waals surface area (Å²) < 4.78 is 40.8. The van der Waals surface area contributed by atoms with Gasteiger partial charge in [-0.1, -0.05) is 17.7 Å². The number of aromatic nitrogens is 2. The number of nitrogens with two attached hydrogens (primary N) is 1. The lowest BCUT2D eigenvalue weighted by Gasteiger charge is -2.17. The minimum atomic E-state index is -2.89. The highest BCUT2D eigenvalue weighted by molar-refractivity contribution is 6.35. The van der Waals surface area contributed by atoms with Crippen molar-refractivity contribution >= 4 is 22.5 Å². The molecule has 3 rings (SSSR count). The molecule has 1 atom stereocenters. The molecule has 130 valence electrons. The molecule has 0 spiro atoms. The molecule has 0 aliphatic heterocycles. The highest BCUT2D eigenvalue weighted by Gasteiger charge is 2.19. The molecule has 25 heavy (non-hydrogen) atoms. The van der Waals surface area contributed by atoms with Crippen LogP contribution in [0.1, 0.15) is 30.8 Å². The second-order valence-corrected chi connectivity index (χ2v) is 5.98. The van der Waals surface area contributed by atoms with Crippen molar-refractivity contribution in [2.24, 2.45) is 5.73 Å². The number of hydrogen-bond donors (Lipinski definition) is 1. The van der Waals surface area contributed by atoms with E-state index in [2.05, 4.69) is 4.98 Å². The third-order valence-corrected chi connectivity index (χ3v) is 4.01. The first-order chi connectivity index (χ1) is 11.8. The summed E-state index contributed by atoms with van der Waals surface area (Å²) in [6.07, 6.45) is -2.89. The largest absolute Gasteiger partial charge is 0.322 e. The van der Waals surface area contributed by atoms with Crippen molar-refractivity contribution in [2.45, 2.75) is 19.4 Å². The standard InChI is InChI=1S/C17H13ClF3N3O/c1-8(22)16-23-13-4-2-3-12(18)14(13)17(25)24(16)11-6-9(15(20)21)5-10(19)7-11/h2-8,15H,22H2,1H3. The van der Waals surface area contributed by atoms with E-state index in [-0.39, 0.29) is 21.9 Å². The lowest BCUT2D eigenvalue weighted by atomic mass is 10.1. The lowest BCUT2D eigenvalue weighted by Crippen LogP contribution is -2.27. The fraction of sp³-hybridized carbons (Fsp3) is 0.176. The molecule has 2 aromatic carbocycles. The maximum absolute atomic E-state index is 13.8. The van der Waals surface area contributed by atoms with Gasteiger partial charge in [-0.2, -0.15) is 0 Å². The van der Waals surface area contributed by atoms with E-state index in [9.17, 15) is 18.0 Å². The molecule has 0 amide bonds. The first kappa shape index (κ1) is 17.4. The van der Waals surface area contributed by atoms with Crippen molar-refractivity contribution in [3.8, 4) is 5.69 Å². The Hall–Kier alpha value is -2.38. The van der Waals surface area contributed by atoms with Gasteiger partial charge < -0.3 is 5.73 Å². The molecule has 8 heteroatoms. The predicted molar refractivity (Wildman–Crippen MR) is 89.9 cm³/mol. The number of fused-ring (bicyclic) bond motifs is 1. The van der Waals surface area contributed by atoms with Crippen LogP contribution in [0.3, 0.4) is 0 Å². The molecule has 0 fully saturated rings. The monoisotopic (exact) mass is 367 g/mol. The molecular weight excluding hydrogens is 355 g/mol. The van der Waals surface area contributed by atoms with Crippen LogP contribution < -0.4 is 11.3 Å². The van der Waals surface area contributed by atoms with Gasteiger partial charge in [-0.05, 0) is 37.3 Å². The topological polar surface area (TPSA) is 60.9 Å². The molecule has 1 aromatic heterocycles. The third-order valence-electron chi connectivity index (χ3n) is 3.69. The summed E-state index contributed by atoms with van der Waals surface area (Å²) in [4.78, 5) is 17.3. The van der Waals surface area contributed by atoms with E-state index < -0.39 is 29.4 Å². The van der Waals surface area contributed by atoms with Gasteiger partial charge in [0, 0.05) is 5.56 Å². The molecule has 2 N–H and O–H groups in total. The van der Waals surface area contributed by atoms with Gasteiger partial charge in [0.15, 0.2) is 0 Å². The Morgan fingerprint density at radius 3 is 2.60 bits per heavy atom. The molecule has 0 bridgehead atoms. The molecule has 1 heterocycles. The van der Waals surface area contributed by atoms with Crippen LogP contribution in [0.2, 0.25) is 5.02 Å². The predicted octanol–water partition coefficient (Wildman–Crippen LogP) is 4.14. The lowest BCUT2D eigenvalue weighted by molar-refractivity contribution is 0.151. The minimum Gasteiger partial charge on any atom is -0.322 e. The summed E-state index contributed by atoms with van der Waals surface area (Å²) in [7, 11) is 0. The number of rotatable bonds is 3. The maximum atomic E-state index is 13.8. The van der Waals surface area contributed by atoms with Crippen LogP contribution in [-0.2, 0) is 0 Å². The molecule has 0 aliphatic rings. The minimum absolute atomic E-state index is 0.0816. The van der Waals surface area contributed by atoms with Crippen LogP contribution in [0.15, 0.2) is 41.2 Å². The number of benzene rings is 2. The molecule has 0 saturated carbocycles. The van der Waals surface area contributed by atoms with E-state index in [1.54, 1.807) is 19.1 Å². The SMILES string of the molecule is CC(N)c1nc2cccc(Cl)c2c(=O)n1-c1cc(F)cc(C(F)F)c1. The highest BCUT2D eigenvalue weighted by atomic mass is 35.5. The Morgan fingerprint density at radius 2 is 1.96 bits per heavy atom. The molecule has 0 aliphatic carbocycles. The summed E-state index contributed by atoms with van der Waals surface area (Å²) in [6, 6.07) is 6.76. The Bertz CT molecular complexity index is 1020. The third kappa shape index (κ3) is 3.12. The van der Waals surface area contributed by atoms with Crippen LogP contribution in [-0.4, -0.2) is 9.55 Å². The quantitative estimate of drug-likeness (QED) is 0.757. The van der Waals surface area contributed by atoms with E-state index in [4.69, 9.17) is 17.3 Å². The van der Waals surface area contributed by atoms with Gasteiger partial charge in [0.05, 0.1) is 27.7 Å². The number of halogens is 4. The van der Waals surface area contributed by atoms with Gasteiger partial charge in [0.2, 0.25) is 0 Å². The van der Waals surface area contributed by atoms with Crippen molar-refractivity contribution < 1.29 is 13.2 Å². The molecule has 1 unspecified atom stereocenters. The fourth-order valence-electron chi connectivity index (χ4n) is 2.61. The van der Waals surface area contributed by atoms with Gasteiger partial charge in [-0.25, -0.2) is 18.2 Å². The van der Waals surface area contributed by atoms with E-state index in [1.165, 1.54) is 6.07 Å². The van der Waals surface area contributed by atoms with Crippen molar-refractivity contribution in [3.05, 3.63) is 69.0 Å². The Kier molecular flexibility index (Phi) is 4.53. The average molecular weight is 368 g/mol. The fourth-order valence-corrected chi connectivity index (χ4v) is 2.86. The van der Waals surface area contributed by atoms with Gasteiger partial charge >= 0.3 is 0 Å². The zero-order valence-corrected chi connectivity index (χ0v) is 13.8. The van der Waals surface area contributed by atoms with Crippen molar-refractivity contribution in [1.82, 2.24) is 9.55 Å². The van der Waals surface area contributed by atoms with Crippen LogP contribution in [0.25, 0.3) is 16.6 Å². The van der Waals surface area contributed by atoms with Crippen LogP contribution in [0, 0.1) is 5.82 Å². The van der Waals surface area contributed by atoms with Crippen molar-refractivity contribution in [2.75, 3.05) is 0 Å². The zero-order chi connectivity index (χ0) is 18.3. The van der Waals surface area contributed by atoms with Crippen LogP contribution >= 0.6 is 11.6 Å². The summed E-state index contributed by atoms with van der Waals surface area (Å²) in [5.41, 5.74) is 4.98. The second kappa shape index (κ2) is 6.50. The Balaban J connectivity index is 2.43. The molecular formula is C17H13ClF3N3O. The van der Waals surface area contributed by atoms with E-state index >= 15 is 0 Å². The zero-order valence-electron chi connectivity index (χ0n) is 13.0. The van der Waals surface area contributed by atoms with Gasteiger partial charge in [0.25, 0.3) is 12.0 Å². The van der Waals surface area contributed by atoms with E-state index in [0.29, 0.717) is 11.6 Å². The van der Waals surface area contributed by atoms with E-state index in [0.717, 1.165) is 16.7 Å². The molecule has 4 nitrogen and oxygen atoms in total.